The van der Waals surface area contributed by atoms with Crippen molar-refractivity contribution in [2.24, 2.45) is 5.92 Å². The summed E-state index contributed by atoms with van der Waals surface area (Å²) >= 11 is 0. The Hall–Kier alpha value is -2.63. The Balaban J connectivity index is 1.25. The van der Waals surface area contributed by atoms with E-state index in [1.807, 2.05) is 18.3 Å². The molecular formula is C21H25FN4O. The van der Waals surface area contributed by atoms with Crippen molar-refractivity contribution >= 4 is 17.4 Å². The molecule has 2 heterocycles. The van der Waals surface area contributed by atoms with Crippen LogP contribution < -0.4 is 15.1 Å². The summed E-state index contributed by atoms with van der Waals surface area (Å²) in [7, 11) is 0. The van der Waals surface area contributed by atoms with E-state index in [4.69, 9.17) is 0 Å². The molecule has 1 aliphatic heterocycles. The van der Waals surface area contributed by atoms with Gasteiger partial charge in [0.25, 0.3) is 0 Å². The minimum absolute atomic E-state index is 0.0255. The lowest BCUT2D eigenvalue weighted by molar-refractivity contribution is -0.121. The van der Waals surface area contributed by atoms with Gasteiger partial charge in [0.1, 0.15) is 5.82 Å². The lowest BCUT2D eigenvalue weighted by atomic mass is 10.1. The van der Waals surface area contributed by atoms with Gasteiger partial charge in [-0.3, -0.25) is 4.79 Å². The van der Waals surface area contributed by atoms with Crippen LogP contribution in [0.4, 0.5) is 15.9 Å². The third-order valence-electron chi connectivity index (χ3n) is 5.15. The number of nitrogens with one attached hydrogen (secondary N) is 1. The fourth-order valence-corrected chi connectivity index (χ4v) is 3.54. The minimum atomic E-state index is -0.228. The number of aryl methyl sites for hydroxylation is 1. The van der Waals surface area contributed by atoms with Gasteiger partial charge in [-0.25, -0.2) is 9.37 Å². The maximum Gasteiger partial charge on any atom is 0.221 e. The number of nitrogens with zero attached hydrogens (tertiary/aromatic N) is 3. The second-order valence-corrected chi connectivity index (χ2v) is 7.43. The smallest absolute Gasteiger partial charge is 0.221 e. The molecule has 4 rings (SSSR count). The molecule has 0 unspecified atom stereocenters. The zero-order chi connectivity index (χ0) is 18.6. The number of benzene rings is 1. The first-order valence-corrected chi connectivity index (χ1v) is 9.65. The molecule has 0 spiro atoms. The monoisotopic (exact) mass is 368 g/mol. The molecule has 1 aromatic carbocycles. The number of amides is 1. The molecule has 1 N–H and O–H groups in total. The van der Waals surface area contributed by atoms with Gasteiger partial charge in [-0.05, 0) is 61.4 Å². The van der Waals surface area contributed by atoms with Crippen molar-refractivity contribution in [1.82, 2.24) is 10.3 Å². The quantitative estimate of drug-likeness (QED) is 0.777. The van der Waals surface area contributed by atoms with Crippen LogP contribution >= 0.6 is 0 Å². The summed E-state index contributed by atoms with van der Waals surface area (Å²) in [6.07, 6.45) is 6.29. The van der Waals surface area contributed by atoms with E-state index in [2.05, 4.69) is 26.2 Å². The number of fused-ring (bicyclic) bond motifs is 1. The molecule has 2 aromatic rings. The van der Waals surface area contributed by atoms with Gasteiger partial charge in [0.05, 0.1) is 19.0 Å². The molecule has 0 radical (unpaired) electrons. The molecule has 1 fully saturated rings. The second kappa shape index (κ2) is 7.94. The summed E-state index contributed by atoms with van der Waals surface area (Å²) in [5, 5.41) is 3.01. The second-order valence-electron chi connectivity index (χ2n) is 7.43. The molecule has 2 aliphatic rings. The molecule has 5 nitrogen and oxygen atoms in total. The van der Waals surface area contributed by atoms with Crippen molar-refractivity contribution < 1.29 is 9.18 Å². The highest BCUT2D eigenvalue weighted by atomic mass is 19.1. The zero-order valence-corrected chi connectivity index (χ0v) is 15.4. The summed E-state index contributed by atoms with van der Waals surface area (Å²) < 4.78 is 13.2. The number of aromatic nitrogens is 1. The van der Waals surface area contributed by atoms with Crippen LogP contribution in [0.3, 0.4) is 0 Å². The fourth-order valence-electron chi connectivity index (χ4n) is 3.54. The van der Waals surface area contributed by atoms with Gasteiger partial charge in [-0.15, -0.1) is 0 Å². The number of halogens is 1. The van der Waals surface area contributed by atoms with E-state index in [1.165, 1.54) is 25.0 Å². The number of rotatable bonds is 8. The van der Waals surface area contributed by atoms with E-state index >= 15 is 0 Å². The number of carbonyl (C=O) groups excluding carboxylic acids is 1. The number of carbonyl (C=O) groups is 1. The Morgan fingerprint density at radius 2 is 2.11 bits per heavy atom. The van der Waals surface area contributed by atoms with E-state index in [-0.39, 0.29) is 11.7 Å². The van der Waals surface area contributed by atoms with Crippen LogP contribution in [0.25, 0.3) is 0 Å². The van der Waals surface area contributed by atoms with Gasteiger partial charge in [-0.1, -0.05) is 12.1 Å². The highest BCUT2D eigenvalue weighted by Gasteiger charge is 2.32. The Kier molecular flexibility index (Phi) is 5.23. The van der Waals surface area contributed by atoms with Gasteiger partial charge in [0, 0.05) is 19.2 Å². The number of anilines is 2. The molecule has 1 amide bonds. The zero-order valence-electron chi connectivity index (χ0n) is 15.4. The molecule has 0 bridgehead atoms. The average Bonchev–Trinajstić information content (AvgIpc) is 3.41. The van der Waals surface area contributed by atoms with Crippen molar-refractivity contribution in [3.8, 4) is 0 Å². The first kappa shape index (κ1) is 17.8. The topological polar surface area (TPSA) is 48.5 Å². The van der Waals surface area contributed by atoms with Gasteiger partial charge in [0.15, 0.2) is 5.82 Å². The largest absolute Gasteiger partial charge is 0.339 e. The SMILES string of the molecule is O=C(CCCc1cccc(F)c1)NCN1CN(CC2CC2)c2ncccc21. The summed E-state index contributed by atoms with van der Waals surface area (Å²) in [5.74, 6) is 1.61. The summed E-state index contributed by atoms with van der Waals surface area (Å²) in [6.45, 7) is 2.30. The van der Waals surface area contributed by atoms with Gasteiger partial charge < -0.3 is 15.1 Å². The first-order valence-electron chi connectivity index (χ1n) is 9.65. The average molecular weight is 368 g/mol. The van der Waals surface area contributed by atoms with Gasteiger partial charge >= 0.3 is 0 Å². The van der Waals surface area contributed by atoms with Crippen LogP contribution in [0.2, 0.25) is 0 Å². The van der Waals surface area contributed by atoms with Crippen LogP contribution in [0.5, 0.6) is 0 Å². The van der Waals surface area contributed by atoms with E-state index in [0.29, 0.717) is 25.9 Å². The third kappa shape index (κ3) is 4.56. The lowest BCUT2D eigenvalue weighted by Crippen LogP contribution is -2.40. The molecule has 142 valence electrons. The Morgan fingerprint density at radius 3 is 2.93 bits per heavy atom. The standard InChI is InChI=1S/C21H25FN4O/c22-18-6-1-4-16(12-18)5-2-8-20(27)24-14-26-15-25(13-17-9-10-17)21-19(26)7-3-11-23-21/h1,3-4,6-7,11-12,17H,2,5,8-10,13-15H2,(H,24,27). The molecule has 0 atom stereocenters. The van der Waals surface area contributed by atoms with Crippen molar-refractivity contribution in [1.29, 1.82) is 0 Å². The van der Waals surface area contributed by atoms with E-state index in [1.54, 1.807) is 6.07 Å². The van der Waals surface area contributed by atoms with E-state index < -0.39 is 0 Å². The van der Waals surface area contributed by atoms with Crippen LogP contribution in [-0.2, 0) is 11.2 Å². The van der Waals surface area contributed by atoms with Crippen molar-refractivity contribution in [2.75, 3.05) is 29.7 Å². The molecular weight excluding hydrogens is 343 g/mol. The molecule has 1 saturated carbocycles. The molecule has 1 aromatic heterocycles. The predicted molar refractivity (Wildman–Crippen MR) is 104 cm³/mol. The molecule has 27 heavy (non-hydrogen) atoms. The summed E-state index contributed by atoms with van der Waals surface area (Å²) in [4.78, 5) is 21.2. The first-order chi connectivity index (χ1) is 13.2. The maximum absolute atomic E-state index is 13.2. The van der Waals surface area contributed by atoms with Crippen LogP contribution in [-0.4, -0.2) is 30.8 Å². The number of hydrogen-bond donors (Lipinski definition) is 1. The van der Waals surface area contributed by atoms with E-state index in [0.717, 1.165) is 36.2 Å². The lowest BCUT2D eigenvalue weighted by Gasteiger charge is -2.21. The van der Waals surface area contributed by atoms with Gasteiger partial charge in [-0.2, -0.15) is 0 Å². The highest BCUT2D eigenvalue weighted by Crippen LogP contribution is 2.37. The Morgan fingerprint density at radius 1 is 1.22 bits per heavy atom. The summed E-state index contributed by atoms with van der Waals surface area (Å²) in [5.41, 5.74) is 2.01. The molecule has 6 heteroatoms. The van der Waals surface area contributed by atoms with Gasteiger partial charge in [0.2, 0.25) is 5.91 Å². The third-order valence-corrected chi connectivity index (χ3v) is 5.15. The summed E-state index contributed by atoms with van der Waals surface area (Å²) in [6, 6.07) is 10.6. The van der Waals surface area contributed by atoms with Crippen LogP contribution in [0.1, 0.15) is 31.2 Å². The maximum atomic E-state index is 13.2. The van der Waals surface area contributed by atoms with E-state index in [9.17, 15) is 9.18 Å². The minimum Gasteiger partial charge on any atom is -0.339 e. The van der Waals surface area contributed by atoms with Crippen LogP contribution in [0, 0.1) is 11.7 Å². The fraction of sp³-hybridized carbons (Fsp3) is 0.429. The highest BCUT2D eigenvalue weighted by molar-refractivity contribution is 5.77. The van der Waals surface area contributed by atoms with Crippen molar-refractivity contribution in [2.45, 2.75) is 32.1 Å². The molecule has 0 saturated heterocycles. The van der Waals surface area contributed by atoms with Crippen LogP contribution in [0.15, 0.2) is 42.6 Å². The Labute approximate surface area is 159 Å². The normalized spacial score (nSPS) is 15.7. The van der Waals surface area contributed by atoms with Crippen molar-refractivity contribution in [3.63, 3.8) is 0 Å². The predicted octanol–water partition coefficient (Wildman–Crippen LogP) is 3.31. The molecule has 1 aliphatic carbocycles. The number of pyridine rings is 1. The Bertz CT molecular complexity index is 808. The number of hydrogen-bond acceptors (Lipinski definition) is 4. The van der Waals surface area contributed by atoms with Crippen molar-refractivity contribution in [3.05, 3.63) is 54.0 Å².